The highest BCUT2D eigenvalue weighted by Gasteiger charge is 2.38. The molecule has 1 aromatic rings. The summed E-state index contributed by atoms with van der Waals surface area (Å²) in [5.74, 6) is 2.53. The minimum Gasteiger partial charge on any atom is -0.307 e. The van der Waals surface area contributed by atoms with E-state index in [4.69, 9.17) is 0 Å². The second-order valence-corrected chi connectivity index (χ2v) is 6.98. The first-order chi connectivity index (χ1) is 9.54. The molecule has 0 saturated heterocycles. The average molecular weight is 269 g/mol. The third-order valence-electron chi connectivity index (χ3n) is 5.38. The second kappa shape index (κ2) is 5.37. The highest BCUT2D eigenvalue weighted by molar-refractivity contribution is 5.32. The number of hydrogen-bond acceptors (Lipinski definition) is 1. The smallest absolute Gasteiger partial charge is 0.0296 e. The molecule has 3 rings (SSSR count). The largest absolute Gasteiger partial charge is 0.307 e. The zero-order chi connectivity index (χ0) is 14.3. The maximum atomic E-state index is 3.85. The SMILES string of the molecule is Cc1ccc(C(C)NC(C)C2CC3C=CC2C3)c(C)c1. The topological polar surface area (TPSA) is 12.0 Å². The van der Waals surface area contributed by atoms with Crippen LogP contribution in [0.5, 0.6) is 0 Å². The van der Waals surface area contributed by atoms with Crippen molar-refractivity contribution < 1.29 is 0 Å². The molecular formula is C19H27N. The summed E-state index contributed by atoms with van der Waals surface area (Å²) in [5, 5.41) is 3.85. The summed E-state index contributed by atoms with van der Waals surface area (Å²) in [6, 6.07) is 7.85. The van der Waals surface area contributed by atoms with Crippen LogP contribution in [0, 0.1) is 31.6 Å². The molecule has 1 nitrogen and oxygen atoms in total. The number of rotatable bonds is 4. The van der Waals surface area contributed by atoms with Crippen molar-refractivity contribution >= 4 is 0 Å². The van der Waals surface area contributed by atoms with Gasteiger partial charge in [0.25, 0.3) is 0 Å². The third-order valence-corrected chi connectivity index (χ3v) is 5.38. The molecule has 0 aliphatic heterocycles. The van der Waals surface area contributed by atoms with Crippen LogP contribution in [0.25, 0.3) is 0 Å². The van der Waals surface area contributed by atoms with Gasteiger partial charge in [0.15, 0.2) is 0 Å². The van der Waals surface area contributed by atoms with Gasteiger partial charge in [0.2, 0.25) is 0 Å². The van der Waals surface area contributed by atoms with E-state index in [0.717, 1.165) is 17.8 Å². The molecule has 0 spiro atoms. The number of allylic oxidation sites excluding steroid dienone is 2. The molecular weight excluding hydrogens is 242 g/mol. The van der Waals surface area contributed by atoms with Crippen LogP contribution in [0.3, 0.4) is 0 Å². The summed E-state index contributed by atoms with van der Waals surface area (Å²) in [5.41, 5.74) is 4.20. The highest BCUT2D eigenvalue weighted by Crippen LogP contribution is 2.45. The van der Waals surface area contributed by atoms with Crippen LogP contribution in [0.2, 0.25) is 0 Å². The van der Waals surface area contributed by atoms with Crippen molar-refractivity contribution in [2.45, 2.75) is 52.6 Å². The van der Waals surface area contributed by atoms with Crippen LogP contribution < -0.4 is 5.32 Å². The first-order valence-corrected chi connectivity index (χ1v) is 8.06. The molecule has 2 aliphatic rings. The Hall–Kier alpha value is -1.08. The Kier molecular flexibility index (Phi) is 3.72. The van der Waals surface area contributed by atoms with Gasteiger partial charge in [-0.1, -0.05) is 35.9 Å². The molecule has 1 aromatic carbocycles. The van der Waals surface area contributed by atoms with Gasteiger partial charge < -0.3 is 5.32 Å². The number of nitrogens with one attached hydrogen (secondary N) is 1. The number of fused-ring (bicyclic) bond motifs is 2. The van der Waals surface area contributed by atoms with Crippen molar-refractivity contribution in [2.24, 2.45) is 17.8 Å². The highest BCUT2D eigenvalue weighted by atomic mass is 14.9. The van der Waals surface area contributed by atoms with E-state index >= 15 is 0 Å². The number of hydrogen-bond donors (Lipinski definition) is 1. The van der Waals surface area contributed by atoms with E-state index in [1.165, 1.54) is 29.5 Å². The Bertz CT molecular complexity index is 516. The van der Waals surface area contributed by atoms with Crippen molar-refractivity contribution in [3.63, 3.8) is 0 Å². The van der Waals surface area contributed by atoms with E-state index in [9.17, 15) is 0 Å². The zero-order valence-corrected chi connectivity index (χ0v) is 13.2. The first kappa shape index (κ1) is 13.9. The molecule has 0 heterocycles. The maximum absolute atomic E-state index is 3.85. The van der Waals surface area contributed by atoms with Gasteiger partial charge in [-0.15, -0.1) is 0 Å². The average Bonchev–Trinajstić information content (AvgIpc) is 3.00. The van der Waals surface area contributed by atoms with Gasteiger partial charge >= 0.3 is 0 Å². The van der Waals surface area contributed by atoms with Crippen molar-refractivity contribution in [3.05, 3.63) is 47.0 Å². The fourth-order valence-electron chi connectivity index (χ4n) is 4.32. The fraction of sp³-hybridized carbons (Fsp3) is 0.579. The molecule has 5 unspecified atom stereocenters. The monoisotopic (exact) mass is 269 g/mol. The maximum Gasteiger partial charge on any atom is 0.0296 e. The Morgan fingerprint density at radius 1 is 1.10 bits per heavy atom. The minimum absolute atomic E-state index is 0.439. The Morgan fingerprint density at radius 3 is 2.50 bits per heavy atom. The predicted molar refractivity (Wildman–Crippen MR) is 85.8 cm³/mol. The van der Waals surface area contributed by atoms with Gasteiger partial charge in [-0.2, -0.15) is 0 Å². The molecule has 1 fully saturated rings. The number of aryl methyl sites for hydroxylation is 2. The van der Waals surface area contributed by atoms with Crippen molar-refractivity contribution in [1.82, 2.24) is 5.32 Å². The van der Waals surface area contributed by atoms with E-state index in [2.05, 4.69) is 63.4 Å². The number of benzene rings is 1. The molecule has 0 aromatic heterocycles. The summed E-state index contributed by atoms with van der Waals surface area (Å²) >= 11 is 0. The molecule has 2 aliphatic carbocycles. The molecule has 0 radical (unpaired) electrons. The Balaban J connectivity index is 1.66. The first-order valence-electron chi connectivity index (χ1n) is 8.06. The van der Waals surface area contributed by atoms with Crippen molar-refractivity contribution in [3.8, 4) is 0 Å². The van der Waals surface area contributed by atoms with Crippen LogP contribution >= 0.6 is 0 Å². The van der Waals surface area contributed by atoms with E-state index in [0.29, 0.717) is 12.1 Å². The third kappa shape index (κ3) is 2.56. The summed E-state index contributed by atoms with van der Waals surface area (Å²) in [6.45, 7) is 9.07. The van der Waals surface area contributed by atoms with Gasteiger partial charge in [0.05, 0.1) is 0 Å². The van der Waals surface area contributed by atoms with Crippen LogP contribution in [-0.2, 0) is 0 Å². The summed E-state index contributed by atoms with van der Waals surface area (Å²) in [6.07, 6.45) is 7.67. The van der Waals surface area contributed by atoms with Gasteiger partial charge in [-0.25, -0.2) is 0 Å². The van der Waals surface area contributed by atoms with Crippen LogP contribution in [0.15, 0.2) is 30.4 Å². The Morgan fingerprint density at radius 2 is 1.90 bits per heavy atom. The molecule has 5 atom stereocenters. The molecule has 0 amide bonds. The van der Waals surface area contributed by atoms with Gasteiger partial charge in [0, 0.05) is 12.1 Å². The van der Waals surface area contributed by atoms with Crippen molar-refractivity contribution in [2.75, 3.05) is 0 Å². The van der Waals surface area contributed by atoms with Crippen LogP contribution in [-0.4, -0.2) is 6.04 Å². The minimum atomic E-state index is 0.439. The molecule has 1 N–H and O–H groups in total. The zero-order valence-electron chi connectivity index (χ0n) is 13.2. The molecule has 1 saturated carbocycles. The van der Waals surface area contributed by atoms with E-state index < -0.39 is 0 Å². The van der Waals surface area contributed by atoms with Crippen LogP contribution in [0.1, 0.15) is 49.4 Å². The van der Waals surface area contributed by atoms with E-state index in [1.54, 1.807) is 0 Å². The summed E-state index contributed by atoms with van der Waals surface area (Å²) in [7, 11) is 0. The molecule has 1 heteroatoms. The molecule has 20 heavy (non-hydrogen) atoms. The predicted octanol–water partition coefficient (Wildman–Crippen LogP) is 4.55. The fourth-order valence-corrected chi connectivity index (χ4v) is 4.32. The van der Waals surface area contributed by atoms with Gasteiger partial charge in [-0.3, -0.25) is 0 Å². The lowest BCUT2D eigenvalue weighted by Crippen LogP contribution is -2.37. The van der Waals surface area contributed by atoms with Crippen LogP contribution in [0.4, 0.5) is 0 Å². The summed E-state index contributed by atoms with van der Waals surface area (Å²) in [4.78, 5) is 0. The standard InChI is InChI=1S/C19H27N/c1-12-5-8-18(13(2)9-12)14(3)20-15(4)19-11-16-6-7-17(19)10-16/h5-9,14-17,19-20H,10-11H2,1-4H3. The molecule has 108 valence electrons. The van der Waals surface area contributed by atoms with Gasteiger partial charge in [-0.05, 0) is 69.4 Å². The lowest BCUT2D eigenvalue weighted by atomic mass is 9.87. The van der Waals surface area contributed by atoms with Gasteiger partial charge in [0.1, 0.15) is 0 Å². The molecule has 2 bridgehead atoms. The normalized spacial score (nSPS) is 30.7. The second-order valence-electron chi connectivity index (χ2n) is 6.98. The van der Waals surface area contributed by atoms with E-state index in [-0.39, 0.29) is 0 Å². The summed E-state index contributed by atoms with van der Waals surface area (Å²) < 4.78 is 0. The lowest BCUT2D eigenvalue weighted by molar-refractivity contribution is 0.307. The van der Waals surface area contributed by atoms with Crippen molar-refractivity contribution in [1.29, 1.82) is 0 Å². The quantitative estimate of drug-likeness (QED) is 0.790. The van der Waals surface area contributed by atoms with E-state index in [1.807, 2.05) is 0 Å². The Labute approximate surface area is 123 Å². The lowest BCUT2D eigenvalue weighted by Gasteiger charge is -2.30.